The number of aromatic nitrogens is 2. The molecule has 9 nitrogen and oxygen atoms in total. The van der Waals surface area contributed by atoms with Gasteiger partial charge in [-0.3, -0.25) is 4.79 Å². The molecule has 2 aromatic rings. The summed E-state index contributed by atoms with van der Waals surface area (Å²) in [5, 5.41) is 12.5. The van der Waals surface area contributed by atoms with Gasteiger partial charge in [-0.05, 0) is 58.2 Å². The predicted octanol–water partition coefficient (Wildman–Crippen LogP) is 4.02. The maximum Gasteiger partial charge on any atom is 0.407 e. The average Bonchev–Trinajstić information content (AvgIpc) is 3.09. The Kier molecular flexibility index (Phi) is 6.40. The first-order valence-electron chi connectivity index (χ1n) is 11.5. The van der Waals surface area contributed by atoms with Gasteiger partial charge in [0.2, 0.25) is 5.95 Å². The minimum atomic E-state index is -0.555. The molecule has 1 saturated carbocycles. The van der Waals surface area contributed by atoms with Crippen molar-refractivity contribution in [1.29, 1.82) is 0 Å². The molecule has 2 aliphatic rings. The van der Waals surface area contributed by atoms with Crippen molar-refractivity contribution in [1.82, 2.24) is 20.6 Å². The normalized spacial score (nSPS) is 19.9. The molecule has 2 heterocycles. The highest BCUT2D eigenvalue weighted by atomic mass is 16.6. The van der Waals surface area contributed by atoms with E-state index in [0.717, 1.165) is 36.9 Å². The van der Waals surface area contributed by atoms with Gasteiger partial charge in [0.15, 0.2) is 0 Å². The van der Waals surface area contributed by atoms with Gasteiger partial charge < -0.3 is 26.0 Å². The number of fused-ring (bicyclic) bond motifs is 1. The molecule has 176 valence electrons. The number of hydrogen-bond donors (Lipinski definition) is 4. The summed E-state index contributed by atoms with van der Waals surface area (Å²) in [6, 6.07) is 7.75. The van der Waals surface area contributed by atoms with Crippen molar-refractivity contribution in [3.05, 3.63) is 41.1 Å². The Balaban J connectivity index is 1.55. The molecule has 1 aliphatic carbocycles. The Hall–Kier alpha value is -3.36. The van der Waals surface area contributed by atoms with Crippen LogP contribution in [0.1, 0.15) is 68.1 Å². The topological polar surface area (TPSA) is 117 Å². The molecule has 9 heteroatoms. The maximum absolute atomic E-state index is 12.4. The van der Waals surface area contributed by atoms with Crippen LogP contribution in [0.15, 0.2) is 24.3 Å². The minimum Gasteiger partial charge on any atom is -0.444 e. The molecule has 4 rings (SSSR count). The van der Waals surface area contributed by atoms with Gasteiger partial charge in [0.25, 0.3) is 5.91 Å². The quantitative estimate of drug-likeness (QED) is 0.541. The van der Waals surface area contributed by atoms with Gasteiger partial charge in [-0.25, -0.2) is 9.78 Å². The smallest absolute Gasteiger partial charge is 0.407 e. The SMILES string of the molecule is Cc1cccc(Nc2nc(N[C@@H]3CCCC[C@@H]3NC(=O)OC(C)(C)C)nc3c2C(=O)NC3)c1. The van der Waals surface area contributed by atoms with Crippen molar-refractivity contribution in [2.45, 2.75) is 77.6 Å². The third-order valence-electron chi connectivity index (χ3n) is 5.69. The molecule has 2 amide bonds. The van der Waals surface area contributed by atoms with E-state index in [1.54, 1.807) is 0 Å². The zero-order valence-corrected chi connectivity index (χ0v) is 19.6. The van der Waals surface area contributed by atoms with E-state index in [1.165, 1.54) is 0 Å². The van der Waals surface area contributed by atoms with E-state index in [9.17, 15) is 9.59 Å². The van der Waals surface area contributed by atoms with Crippen LogP contribution in [-0.4, -0.2) is 39.7 Å². The second kappa shape index (κ2) is 9.25. The van der Waals surface area contributed by atoms with Gasteiger partial charge >= 0.3 is 6.09 Å². The number of hydrogen-bond acceptors (Lipinski definition) is 7. The van der Waals surface area contributed by atoms with E-state index in [0.29, 0.717) is 29.6 Å². The second-order valence-electron chi connectivity index (χ2n) is 9.68. The standard InChI is InChI=1S/C24H32N6O3/c1-14-8-7-9-15(12-14)26-20-19-18(13-25-21(19)31)28-22(30-20)27-16-10-5-6-11-17(16)29-23(32)33-24(2,3)4/h7-9,12,16-17H,5-6,10-11,13H2,1-4H3,(H,25,31)(H,29,32)(H2,26,27,28,30)/t16-,17+/m1/s1. The maximum atomic E-state index is 12.4. The lowest BCUT2D eigenvalue weighted by Crippen LogP contribution is -2.50. The van der Waals surface area contributed by atoms with Gasteiger partial charge in [-0.2, -0.15) is 4.98 Å². The average molecular weight is 453 g/mol. The van der Waals surface area contributed by atoms with Crippen LogP contribution < -0.4 is 21.3 Å². The number of nitrogens with zero attached hydrogens (tertiary/aromatic N) is 2. The van der Waals surface area contributed by atoms with Crippen molar-refractivity contribution in [2.75, 3.05) is 10.6 Å². The molecule has 0 bridgehead atoms. The van der Waals surface area contributed by atoms with Gasteiger partial charge in [-0.1, -0.05) is 25.0 Å². The predicted molar refractivity (Wildman–Crippen MR) is 127 cm³/mol. The van der Waals surface area contributed by atoms with E-state index >= 15 is 0 Å². The lowest BCUT2D eigenvalue weighted by atomic mass is 9.90. The van der Waals surface area contributed by atoms with Crippen LogP contribution in [0.2, 0.25) is 0 Å². The molecule has 2 atom stereocenters. The summed E-state index contributed by atoms with van der Waals surface area (Å²) in [6.07, 6.45) is 3.37. The highest BCUT2D eigenvalue weighted by molar-refractivity contribution is 6.02. The fraction of sp³-hybridized carbons (Fsp3) is 0.500. The summed E-state index contributed by atoms with van der Waals surface area (Å²) in [5.74, 6) is 0.715. The molecule has 0 saturated heterocycles. The number of anilines is 3. The molecule has 0 spiro atoms. The number of alkyl carbamates (subject to hydrolysis) is 1. The Morgan fingerprint density at radius 3 is 2.64 bits per heavy atom. The van der Waals surface area contributed by atoms with Crippen molar-refractivity contribution < 1.29 is 14.3 Å². The number of nitrogens with one attached hydrogen (secondary N) is 4. The molecule has 1 aromatic carbocycles. The molecule has 4 N–H and O–H groups in total. The Morgan fingerprint density at radius 2 is 1.91 bits per heavy atom. The molecule has 1 aliphatic heterocycles. The number of amides is 2. The number of ether oxygens (including phenoxy) is 1. The van der Waals surface area contributed by atoms with Crippen LogP contribution in [0.5, 0.6) is 0 Å². The number of aryl methyl sites for hydroxylation is 1. The molecule has 33 heavy (non-hydrogen) atoms. The Bertz CT molecular complexity index is 1050. The van der Waals surface area contributed by atoms with E-state index in [-0.39, 0.29) is 18.0 Å². The first kappa shape index (κ1) is 22.8. The third kappa shape index (κ3) is 5.71. The fourth-order valence-corrected chi connectivity index (χ4v) is 4.24. The summed E-state index contributed by atoms with van der Waals surface area (Å²) in [4.78, 5) is 34.0. The van der Waals surface area contributed by atoms with Crippen LogP contribution in [0.3, 0.4) is 0 Å². The third-order valence-corrected chi connectivity index (χ3v) is 5.69. The lowest BCUT2D eigenvalue weighted by molar-refractivity contribution is 0.0488. The van der Waals surface area contributed by atoms with Gasteiger partial charge in [0, 0.05) is 11.7 Å². The second-order valence-corrected chi connectivity index (χ2v) is 9.68. The lowest BCUT2D eigenvalue weighted by Gasteiger charge is -2.33. The highest BCUT2D eigenvalue weighted by Crippen LogP contribution is 2.28. The summed E-state index contributed by atoms with van der Waals surface area (Å²) in [7, 11) is 0. The number of benzene rings is 1. The molecule has 1 aromatic heterocycles. The molecule has 0 radical (unpaired) electrons. The molecule has 0 unspecified atom stereocenters. The summed E-state index contributed by atoms with van der Waals surface area (Å²) in [6.45, 7) is 7.91. The summed E-state index contributed by atoms with van der Waals surface area (Å²) < 4.78 is 5.44. The number of carbonyl (C=O) groups is 2. The van der Waals surface area contributed by atoms with Crippen LogP contribution in [0, 0.1) is 6.92 Å². The van der Waals surface area contributed by atoms with Gasteiger partial charge in [0.1, 0.15) is 17.0 Å². The van der Waals surface area contributed by atoms with Crippen molar-refractivity contribution in [3.8, 4) is 0 Å². The fourth-order valence-electron chi connectivity index (χ4n) is 4.24. The first-order valence-corrected chi connectivity index (χ1v) is 11.5. The van der Waals surface area contributed by atoms with E-state index < -0.39 is 11.7 Å². The van der Waals surface area contributed by atoms with Crippen molar-refractivity contribution in [3.63, 3.8) is 0 Å². The highest BCUT2D eigenvalue weighted by Gasteiger charge is 2.31. The monoisotopic (exact) mass is 452 g/mol. The molecule has 1 fully saturated rings. The Labute approximate surface area is 194 Å². The summed E-state index contributed by atoms with van der Waals surface area (Å²) >= 11 is 0. The van der Waals surface area contributed by atoms with E-state index in [1.807, 2.05) is 52.0 Å². The summed E-state index contributed by atoms with van der Waals surface area (Å²) in [5.41, 5.74) is 2.52. The van der Waals surface area contributed by atoms with Gasteiger partial charge in [0.05, 0.1) is 18.3 Å². The molecular formula is C24H32N6O3. The van der Waals surface area contributed by atoms with Gasteiger partial charge in [-0.15, -0.1) is 0 Å². The van der Waals surface area contributed by atoms with E-state index in [4.69, 9.17) is 4.74 Å². The number of carbonyl (C=O) groups excluding carboxylic acids is 2. The Morgan fingerprint density at radius 1 is 1.15 bits per heavy atom. The number of rotatable bonds is 5. The van der Waals surface area contributed by atoms with Crippen molar-refractivity contribution in [2.24, 2.45) is 0 Å². The van der Waals surface area contributed by atoms with Crippen LogP contribution in [0.4, 0.5) is 22.2 Å². The van der Waals surface area contributed by atoms with E-state index in [2.05, 4.69) is 31.2 Å². The zero-order chi connectivity index (χ0) is 23.6. The molecular weight excluding hydrogens is 420 g/mol. The largest absolute Gasteiger partial charge is 0.444 e. The zero-order valence-electron chi connectivity index (χ0n) is 19.6. The van der Waals surface area contributed by atoms with Crippen LogP contribution in [-0.2, 0) is 11.3 Å². The van der Waals surface area contributed by atoms with Crippen LogP contribution >= 0.6 is 0 Å². The van der Waals surface area contributed by atoms with Crippen LogP contribution in [0.25, 0.3) is 0 Å². The van der Waals surface area contributed by atoms with Crippen molar-refractivity contribution >= 4 is 29.5 Å². The first-order chi connectivity index (χ1) is 15.7. The minimum absolute atomic E-state index is 0.0406.